The van der Waals surface area contributed by atoms with Gasteiger partial charge < -0.3 is 15.4 Å². The summed E-state index contributed by atoms with van der Waals surface area (Å²) in [6.07, 6.45) is 3.94. The van der Waals surface area contributed by atoms with Gasteiger partial charge >= 0.3 is 0 Å². The number of piperidine rings is 1. The number of hydrogen-bond acceptors (Lipinski definition) is 3. The fraction of sp³-hybridized carbons (Fsp3) is 0.550. The Balaban J connectivity index is 1.92. The first kappa shape index (κ1) is 20.4. The zero-order valence-corrected chi connectivity index (χ0v) is 15.9. The molecule has 0 saturated carbocycles. The minimum absolute atomic E-state index is 0.194. The van der Waals surface area contributed by atoms with Crippen LogP contribution in [0.5, 0.6) is 0 Å². The highest BCUT2D eigenvalue weighted by Gasteiger charge is 2.19. The van der Waals surface area contributed by atoms with Crippen LogP contribution in [-0.4, -0.2) is 56.7 Å². The maximum Gasteiger partial charge on any atom is 0.191 e. The molecule has 1 aromatic carbocycles. The lowest BCUT2D eigenvalue weighted by atomic mass is 10.1. The molecule has 5 nitrogen and oxygen atoms in total. The minimum atomic E-state index is -0.245. The number of methoxy groups -OCH3 is 1. The van der Waals surface area contributed by atoms with Crippen LogP contribution in [0, 0.1) is 5.82 Å². The van der Waals surface area contributed by atoms with Gasteiger partial charge in [0.1, 0.15) is 11.9 Å². The van der Waals surface area contributed by atoms with Gasteiger partial charge in [0.05, 0.1) is 6.54 Å². The number of hydrogen-bond donors (Lipinski definition) is 2. The van der Waals surface area contributed by atoms with Gasteiger partial charge in [0.25, 0.3) is 0 Å². The number of ether oxygens (including phenoxy) is 1. The summed E-state index contributed by atoms with van der Waals surface area (Å²) >= 11 is 0. The van der Waals surface area contributed by atoms with Crippen LogP contribution in [0.3, 0.4) is 0 Å². The van der Waals surface area contributed by atoms with E-state index in [2.05, 4.69) is 34.0 Å². The number of nitrogens with zero attached hydrogens (tertiary/aromatic N) is 2. The summed E-state index contributed by atoms with van der Waals surface area (Å²) in [6, 6.07) is 6.81. The molecular formula is C20H31FN4O. The van der Waals surface area contributed by atoms with Gasteiger partial charge in [-0.15, -0.1) is 6.58 Å². The van der Waals surface area contributed by atoms with E-state index in [1.54, 1.807) is 19.2 Å². The van der Waals surface area contributed by atoms with Crippen LogP contribution < -0.4 is 10.6 Å². The number of guanidine groups is 1. The topological polar surface area (TPSA) is 48.9 Å². The fourth-order valence-electron chi connectivity index (χ4n) is 3.12. The lowest BCUT2D eigenvalue weighted by Gasteiger charge is -2.32. The van der Waals surface area contributed by atoms with E-state index in [-0.39, 0.29) is 11.9 Å². The Morgan fingerprint density at radius 3 is 2.65 bits per heavy atom. The molecule has 6 heteroatoms. The van der Waals surface area contributed by atoms with E-state index in [1.165, 1.54) is 12.1 Å². The molecule has 0 spiro atoms. The molecule has 1 atom stereocenters. The Morgan fingerprint density at radius 2 is 2.08 bits per heavy atom. The Kier molecular flexibility index (Phi) is 8.58. The van der Waals surface area contributed by atoms with Gasteiger partial charge in [-0.3, -0.25) is 9.89 Å². The van der Waals surface area contributed by atoms with Crippen molar-refractivity contribution in [3.63, 3.8) is 0 Å². The van der Waals surface area contributed by atoms with Gasteiger partial charge in [-0.2, -0.15) is 0 Å². The van der Waals surface area contributed by atoms with Crippen LogP contribution in [0.25, 0.3) is 0 Å². The average Bonchev–Trinajstić information content (AvgIpc) is 2.65. The predicted molar refractivity (Wildman–Crippen MR) is 105 cm³/mol. The van der Waals surface area contributed by atoms with Crippen molar-refractivity contribution in [2.24, 2.45) is 4.99 Å². The molecule has 1 aliphatic rings. The molecule has 0 aliphatic carbocycles. The Morgan fingerprint density at radius 1 is 1.38 bits per heavy atom. The van der Waals surface area contributed by atoms with Crippen molar-refractivity contribution in [1.29, 1.82) is 0 Å². The zero-order chi connectivity index (χ0) is 18.8. The molecule has 1 fully saturated rings. The molecule has 0 bridgehead atoms. The third-order valence-corrected chi connectivity index (χ3v) is 4.60. The minimum Gasteiger partial charge on any atom is -0.375 e. The van der Waals surface area contributed by atoms with Crippen LogP contribution in [0.4, 0.5) is 4.39 Å². The second-order valence-electron chi connectivity index (χ2n) is 6.50. The van der Waals surface area contributed by atoms with Crippen LogP contribution >= 0.6 is 0 Å². The predicted octanol–water partition coefficient (Wildman–Crippen LogP) is 2.72. The van der Waals surface area contributed by atoms with Gasteiger partial charge in [-0.1, -0.05) is 18.2 Å². The van der Waals surface area contributed by atoms with E-state index in [9.17, 15) is 4.39 Å². The number of nitrogens with one attached hydrogen (secondary N) is 2. The van der Waals surface area contributed by atoms with Crippen molar-refractivity contribution in [3.05, 3.63) is 48.3 Å². The van der Waals surface area contributed by atoms with Gasteiger partial charge in [-0.25, -0.2) is 4.39 Å². The van der Waals surface area contributed by atoms with E-state index in [4.69, 9.17) is 4.74 Å². The number of benzene rings is 1. The van der Waals surface area contributed by atoms with Crippen molar-refractivity contribution >= 4 is 5.96 Å². The summed E-state index contributed by atoms with van der Waals surface area (Å²) in [6.45, 7) is 10.2. The first-order chi connectivity index (χ1) is 12.7. The molecule has 2 rings (SSSR count). The molecule has 1 saturated heterocycles. The SMILES string of the molecule is C=CCN1CCC(NC(=NCC(OC)c2ccc(F)cc2)NCC)CC1. The zero-order valence-electron chi connectivity index (χ0n) is 15.9. The van der Waals surface area contributed by atoms with Gasteiger partial charge in [0.15, 0.2) is 5.96 Å². The second kappa shape index (κ2) is 10.9. The van der Waals surface area contributed by atoms with E-state index in [0.717, 1.165) is 50.5 Å². The van der Waals surface area contributed by atoms with Crippen LogP contribution in [-0.2, 0) is 4.74 Å². The summed E-state index contributed by atoms with van der Waals surface area (Å²) in [4.78, 5) is 7.09. The smallest absolute Gasteiger partial charge is 0.191 e. The Labute approximate surface area is 156 Å². The van der Waals surface area contributed by atoms with Gasteiger partial charge in [-0.05, 0) is 37.5 Å². The van der Waals surface area contributed by atoms with Crippen LogP contribution in [0.2, 0.25) is 0 Å². The molecule has 0 amide bonds. The largest absolute Gasteiger partial charge is 0.375 e. The Hall–Kier alpha value is -1.92. The lowest BCUT2D eigenvalue weighted by Crippen LogP contribution is -2.48. The van der Waals surface area contributed by atoms with Crippen molar-refractivity contribution < 1.29 is 9.13 Å². The highest BCUT2D eigenvalue weighted by atomic mass is 19.1. The summed E-state index contributed by atoms with van der Waals surface area (Å²) in [5.74, 6) is 0.559. The maximum absolute atomic E-state index is 13.1. The lowest BCUT2D eigenvalue weighted by molar-refractivity contribution is 0.110. The van der Waals surface area contributed by atoms with Crippen LogP contribution in [0.1, 0.15) is 31.4 Å². The normalized spacial score (nSPS) is 17.7. The molecule has 1 heterocycles. The molecule has 1 aromatic rings. The third kappa shape index (κ3) is 6.42. The standard InChI is InChI=1S/C20H31FN4O/c1-4-12-25-13-10-18(11-14-25)24-20(22-5-2)23-15-19(26-3)16-6-8-17(21)9-7-16/h4,6-9,18-19H,1,5,10-15H2,2-3H3,(H2,22,23,24). The summed E-state index contributed by atoms with van der Waals surface area (Å²) < 4.78 is 18.6. The molecule has 2 N–H and O–H groups in total. The molecule has 1 unspecified atom stereocenters. The van der Waals surface area contributed by atoms with E-state index >= 15 is 0 Å². The number of rotatable bonds is 8. The van der Waals surface area contributed by atoms with E-state index < -0.39 is 0 Å². The quantitative estimate of drug-likeness (QED) is 0.424. The summed E-state index contributed by atoms with van der Waals surface area (Å²) in [7, 11) is 1.65. The maximum atomic E-state index is 13.1. The fourth-order valence-corrected chi connectivity index (χ4v) is 3.12. The molecule has 1 aliphatic heterocycles. The van der Waals surface area contributed by atoms with Crippen LogP contribution in [0.15, 0.2) is 41.9 Å². The number of aliphatic imine (C=N–C) groups is 1. The molecule has 144 valence electrons. The summed E-state index contributed by atoms with van der Waals surface area (Å²) in [5, 5.41) is 6.83. The Bertz CT molecular complexity index is 568. The van der Waals surface area contributed by atoms with E-state index in [1.807, 2.05) is 6.08 Å². The molecule has 26 heavy (non-hydrogen) atoms. The third-order valence-electron chi connectivity index (χ3n) is 4.60. The average molecular weight is 362 g/mol. The van der Waals surface area contributed by atoms with Crippen molar-refractivity contribution in [2.75, 3.05) is 39.8 Å². The highest BCUT2D eigenvalue weighted by Crippen LogP contribution is 2.17. The van der Waals surface area contributed by atoms with Gasteiger partial charge in [0, 0.05) is 39.3 Å². The first-order valence-corrected chi connectivity index (χ1v) is 9.32. The molecule has 0 radical (unpaired) electrons. The molecule has 0 aromatic heterocycles. The second-order valence-corrected chi connectivity index (χ2v) is 6.50. The van der Waals surface area contributed by atoms with E-state index in [0.29, 0.717) is 12.6 Å². The summed E-state index contributed by atoms with van der Waals surface area (Å²) in [5.41, 5.74) is 0.922. The van der Waals surface area contributed by atoms with Crippen molar-refractivity contribution in [2.45, 2.75) is 31.9 Å². The number of likely N-dealkylation sites (tertiary alicyclic amines) is 1. The van der Waals surface area contributed by atoms with Crippen molar-refractivity contribution in [3.8, 4) is 0 Å². The first-order valence-electron chi connectivity index (χ1n) is 9.32. The molecular weight excluding hydrogens is 331 g/mol. The highest BCUT2D eigenvalue weighted by molar-refractivity contribution is 5.80. The number of halogens is 1. The van der Waals surface area contributed by atoms with Gasteiger partial charge in [0.2, 0.25) is 0 Å². The monoisotopic (exact) mass is 362 g/mol. The van der Waals surface area contributed by atoms with Crippen molar-refractivity contribution in [1.82, 2.24) is 15.5 Å².